The predicted octanol–water partition coefficient (Wildman–Crippen LogP) is 3.34. The Morgan fingerprint density at radius 3 is 2.41 bits per heavy atom. The molecule has 1 amide bonds. The number of aryl methyl sites for hydroxylation is 1. The van der Waals surface area contributed by atoms with Crippen molar-refractivity contribution in [3.63, 3.8) is 0 Å². The third-order valence-corrected chi connectivity index (χ3v) is 5.71. The Bertz CT molecular complexity index is 991. The van der Waals surface area contributed by atoms with Crippen LogP contribution in [0.25, 0.3) is 5.65 Å². The van der Waals surface area contributed by atoms with Crippen molar-refractivity contribution in [2.24, 2.45) is 0 Å². The highest BCUT2D eigenvalue weighted by molar-refractivity contribution is 7.99. The molecular formula is C21H28N6OS. The first-order valence-electron chi connectivity index (χ1n) is 9.77. The first-order chi connectivity index (χ1) is 13.8. The molecule has 2 heterocycles. The van der Waals surface area contributed by atoms with Crippen LogP contribution < -0.4 is 5.73 Å². The lowest BCUT2D eigenvalue weighted by molar-refractivity contribution is -0.131. The number of thioether (sulfide) groups is 1. The van der Waals surface area contributed by atoms with Gasteiger partial charge in [0.15, 0.2) is 10.8 Å². The number of carbonyl (C=O) groups excluding carboxylic acids is 1. The number of anilines is 1. The molecule has 0 aliphatic rings. The normalized spacial score (nSPS) is 11.6. The van der Waals surface area contributed by atoms with Gasteiger partial charge in [-0.2, -0.15) is 0 Å². The molecule has 29 heavy (non-hydrogen) atoms. The smallest absolute Gasteiger partial charge is 0.233 e. The number of rotatable bonds is 7. The molecule has 0 saturated carbocycles. The Morgan fingerprint density at radius 1 is 1.14 bits per heavy atom. The summed E-state index contributed by atoms with van der Waals surface area (Å²) in [6.07, 6.45) is 0.694. The van der Waals surface area contributed by atoms with Crippen LogP contribution in [0.15, 0.2) is 35.5 Å². The zero-order chi connectivity index (χ0) is 21.1. The molecule has 0 bridgehead atoms. The minimum Gasteiger partial charge on any atom is -0.369 e. The van der Waals surface area contributed by atoms with Gasteiger partial charge in [-0.3, -0.25) is 4.79 Å². The van der Waals surface area contributed by atoms with Crippen molar-refractivity contribution in [2.45, 2.75) is 58.3 Å². The van der Waals surface area contributed by atoms with Gasteiger partial charge in [0.05, 0.1) is 5.75 Å². The first-order valence-corrected chi connectivity index (χ1v) is 10.8. The van der Waals surface area contributed by atoms with Gasteiger partial charge in [-0.25, -0.2) is 9.38 Å². The van der Waals surface area contributed by atoms with Gasteiger partial charge < -0.3 is 10.6 Å². The molecule has 1 aromatic carbocycles. The molecule has 3 rings (SSSR count). The average molecular weight is 413 g/mol. The predicted molar refractivity (Wildman–Crippen MR) is 117 cm³/mol. The highest BCUT2D eigenvalue weighted by atomic mass is 32.2. The van der Waals surface area contributed by atoms with Crippen molar-refractivity contribution < 1.29 is 4.79 Å². The Balaban J connectivity index is 1.89. The monoisotopic (exact) mass is 412 g/mol. The zero-order valence-electron chi connectivity index (χ0n) is 17.6. The minimum absolute atomic E-state index is 0.0694. The van der Waals surface area contributed by atoms with Crippen LogP contribution in [-0.2, 0) is 11.2 Å². The van der Waals surface area contributed by atoms with Crippen molar-refractivity contribution in [1.82, 2.24) is 24.5 Å². The van der Waals surface area contributed by atoms with Crippen molar-refractivity contribution in [2.75, 3.05) is 11.5 Å². The number of nitrogens with zero attached hydrogens (tertiary/aromatic N) is 5. The van der Waals surface area contributed by atoms with Crippen LogP contribution in [0.5, 0.6) is 0 Å². The van der Waals surface area contributed by atoms with E-state index in [4.69, 9.17) is 5.73 Å². The van der Waals surface area contributed by atoms with Gasteiger partial charge in [-0.05, 0) is 40.2 Å². The number of nitrogen functional groups attached to an aromatic ring is 1. The fourth-order valence-corrected chi connectivity index (χ4v) is 4.41. The number of hydrogen-bond acceptors (Lipinski definition) is 6. The molecule has 0 unspecified atom stereocenters. The van der Waals surface area contributed by atoms with E-state index >= 15 is 0 Å². The topological polar surface area (TPSA) is 89.4 Å². The van der Waals surface area contributed by atoms with Crippen LogP contribution in [0.3, 0.4) is 0 Å². The van der Waals surface area contributed by atoms with Crippen LogP contribution in [0, 0.1) is 6.92 Å². The van der Waals surface area contributed by atoms with E-state index in [-0.39, 0.29) is 23.7 Å². The van der Waals surface area contributed by atoms with Crippen LogP contribution >= 0.6 is 11.8 Å². The van der Waals surface area contributed by atoms with Crippen molar-refractivity contribution in [3.05, 3.63) is 47.2 Å². The summed E-state index contributed by atoms with van der Waals surface area (Å²) in [5.74, 6) is 0.678. The number of hydrogen-bond donors (Lipinski definition) is 1. The third-order valence-electron chi connectivity index (χ3n) is 4.80. The molecular weight excluding hydrogens is 384 g/mol. The molecule has 2 N–H and O–H groups in total. The van der Waals surface area contributed by atoms with Crippen molar-refractivity contribution >= 4 is 29.3 Å². The van der Waals surface area contributed by atoms with E-state index in [9.17, 15) is 4.79 Å². The second-order valence-electron chi connectivity index (χ2n) is 7.62. The molecule has 0 aliphatic heterocycles. The fourth-order valence-electron chi connectivity index (χ4n) is 3.60. The largest absolute Gasteiger partial charge is 0.369 e. The second-order valence-corrected chi connectivity index (χ2v) is 8.56. The number of carbonyl (C=O) groups is 1. The fraction of sp³-hybridized carbons (Fsp3) is 0.429. The Labute approximate surface area is 175 Å². The lowest BCUT2D eigenvalue weighted by atomic mass is 10.0. The Morgan fingerprint density at radius 2 is 1.79 bits per heavy atom. The quantitative estimate of drug-likeness (QED) is 0.599. The summed E-state index contributed by atoms with van der Waals surface area (Å²) in [5, 5.41) is 9.27. The Kier molecular flexibility index (Phi) is 6.42. The highest BCUT2D eigenvalue weighted by Gasteiger charge is 2.22. The van der Waals surface area contributed by atoms with E-state index in [0.29, 0.717) is 23.2 Å². The summed E-state index contributed by atoms with van der Waals surface area (Å²) in [4.78, 5) is 19.1. The van der Waals surface area contributed by atoms with E-state index in [1.807, 2.05) is 57.7 Å². The van der Waals surface area contributed by atoms with Gasteiger partial charge in [0.25, 0.3) is 0 Å². The van der Waals surface area contributed by atoms with Crippen LogP contribution in [-0.4, -0.2) is 48.2 Å². The van der Waals surface area contributed by atoms with E-state index in [1.165, 1.54) is 17.3 Å². The van der Waals surface area contributed by atoms with E-state index < -0.39 is 0 Å². The molecule has 154 valence electrons. The SMILES string of the molecule is Cc1nc(N)n2c(SCC(=O)N(C(C)C)C(C)C)nnc2c1Cc1ccccc1. The van der Waals surface area contributed by atoms with Crippen molar-refractivity contribution in [1.29, 1.82) is 0 Å². The Hall–Kier alpha value is -2.61. The molecule has 0 spiro atoms. The molecule has 0 saturated heterocycles. The summed E-state index contributed by atoms with van der Waals surface area (Å²) < 4.78 is 1.75. The maximum Gasteiger partial charge on any atom is 0.233 e. The molecule has 0 atom stereocenters. The number of fused-ring (bicyclic) bond motifs is 1. The number of amides is 1. The van der Waals surface area contributed by atoms with Crippen LogP contribution in [0.2, 0.25) is 0 Å². The lowest BCUT2D eigenvalue weighted by Crippen LogP contribution is -2.43. The van der Waals surface area contributed by atoms with Gasteiger partial charge in [0.1, 0.15) is 0 Å². The van der Waals surface area contributed by atoms with E-state index in [0.717, 1.165) is 11.3 Å². The first kappa shape index (κ1) is 21.1. The van der Waals surface area contributed by atoms with Gasteiger partial charge in [0, 0.05) is 29.8 Å². The number of benzene rings is 1. The second kappa shape index (κ2) is 8.82. The minimum atomic E-state index is 0.0694. The number of nitrogens with two attached hydrogens (primary N) is 1. The van der Waals surface area contributed by atoms with Crippen LogP contribution in [0.1, 0.15) is 44.5 Å². The molecule has 0 aliphatic carbocycles. The maximum absolute atomic E-state index is 12.7. The van der Waals surface area contributed by atoms with Crippen molar-refractivity contribution in [3.8, 4) is 0 Å². The third kappa shape index (κ3) is 4.53. The lowest BCUT2D eigenvalue weighted by Gasteiger charge is -2.30. The van der Waals surface area contributed by atoms with Gasteiger partial charge in [-0.15, -0.1) is 10.2 Å². The highest BCUT2D eigenvalue weighted by Crippen LogP contribution is 2.25. The summed E-state index contributed by atoms with van der Waals surface area (Å²) in [6, 6.07) is 10.5. The van der Waals surface area contributed by atoms with Gasteiger partial charge >= 0.3 is 0 Å². The van der Waals surface area contributed by atoms with E-state index in [2.05, 4.69) is 27.3 Å². The average Bonchev–Trinajstić information content (AvgIpc) is 3.08. The van der Waals surface area contributed by atoms with Gasteiger partial charge in [0.2, 0.25) is 11.9 Å². The summed E-state index contributed by atoms with van der Waals surface area (Å²) >= 11 is 1.34. The summed E-state index contributed by atoms with van der Waals surface area (Å²) in [7, 11) is 0. The maximum atomic E-state index is 12.7. The standard InChI is InChI=1S/C21H28N6OS/c1-13(2)26(14(3)4)18(28)12-29-21-25-24-19-17(11-16-9-7-6-8-10-16)15(5)23-20(22)27(19)21/h6-10,13-14H,11-12H2,1-5H3,(H2,22,23). The molecule has 3 aromatic rings. The van der Waals surface area contributed by atoms with Crippen LogP contribution in [0.4, 0.5) is 5.95 Å². The molecule has 7 nitrogen and oxygen atoms in total. The molecule has 8 heteroatoms. The molecule has 0 radical (unpaired) electrons. The van der Waals surface area contributed by atoms with Gasteiger partial charge in [-0.1, -0.05) is 42.1 Å². The number of aromatic nitrogens is 4. The summed E-state index contributed by atoms with van der Waals surface area (Å²) in [5.41, 5.74) is 9.88. The van der Waals surface area contributed by atoms with E-state index in [1.54, 1.807) is 4.40 Å². The molecule has 2 aromatic heterocycles. The zero-order valence-corrected chi connectivity index (χ0v) is 18.4. The molecule has 0 fully saturated rings. The summed E-state index contributed by atoms with van der Waals surface area (Å²) in [6.45, 7) is 10.0.